The molecule has 18 rings (SSSR count). The number of benzene rings is 12. The summed E-state index contributed by atoms with van der Waals surface area (Å²) in [6, 6.07) is 40.8. The first-order valence-corrected chi connectivity index (χ1v) is 52.5. The molecule has 6 aliphatic carbocycles. The Labute approximate surface area is 849 Å². The lowest BCUT2D eigenvalue weighted by molar-refractivity contribution is 0.240. The van der Waals surface area contributed by atoms with E-state index in [1.807, 2.05) is 12.1 Å². The lowest BCUT2D eigenvalue weighted by Crippen LogP contribution is -2.20. The van der Waals surface area contributed by atoms with Gasteiger partial charge in [0.05, 0.1) is 24.4 Å². The van der Waals surface area contributed by atoms with E-state index in [-0.39, 0.29) is 78.6 Å². The molecule has 0 aromatic heterocycles. The quantitative estimate of drug-likeness (QED) is 0.107. The van der Waals surface area contributed by atoms with Crippen molar-refractivity contribution in [2.75, 3.05) is 0 Å². The van der Waals surface area contributed by atoms with Gasteiger partial charge >= 0.3 is 0 Å². The molecule has 141 heavy (non-hydrogen) atoms. The second-order valence-electron chi connectivity index (χ2n) is 51.5. The van der Waals surface area contributed by atoms with E-state index >= 15 is 0 Å². The molecule has 0 aliphatic heterocycles. The summed E-state index contributed by atoms with van der Waals surface area (Å²) in [5.41, 5.74) is 57.5. The molecular formula is C134H166O7. The van der Waals surface area contributed by atoms with Gasteiger partial charge in [0.2, 0.25) is 0 Å². The highest BCUT2D eigenvalue weighted by molar-refractivity contribution is 5.98. The van der Waals surface area contributed by atoms with Crippen LogP contribution in [-0.4, -0.2) is 24.4 Å². The maximum atomic E-state index is 7.63. The molecule has 0 fully saturated rings. The molecule has 0 radical (unpaired) electrons. The van der Waals surface area contributed by atoms with E-state index in [4.69, 9.17) is 33.2 Å². The number of fused-ring (bicyclic) bond motifs is 18. The number of aryl methyl sites for hydroxylation is 2. The predicted octanol–water partition coefficient (Wildman–Crippen LogP) is 37.5. The summed E-state index contributed by atoms with van der Waals surface area (Å²) >= 11 is 0. The van der Waals surface area contributed by atoms with Crippen molar-refractivity contribution in [2.24, 2.45) is 0 Å². The fourth-order valence-corrected chi connectivity index (χ4v) is 25.2. The van der Waals surface area contributed by atoms with Gasteiger partial charge in [0.15, 0.2) is 0 Å². The lowest BCUT2D eigenvalue weighted by Gasteiger charge is -2.29. The third-order valence-corrected chi connectivity index (χ3v) is 34.0. The van der Waals surface area contributed by atoms with Crippen molar-refractivity contribution >= 4 is 0 Å². The zero-order valence-corrected chi connectivity index (χ0v) is 95.6. The molecule has 0 heterocycles. The third-order valence-electron chi connectivity index (χ3n) is 34.0. The molecule has 7 nitrogen and oxygen atoms in total. The summed E-state index contributed by atoms with van der Waals surface area (Å²) < 4.78 is 47.3. The van der Waals surface area contributed by atoms with Gasteiger partial charge in [-0.15, -0.1) is 0 Å². The average molecular weight is 1890 g/mol. The van der Waals surface area contributed by atoms with Crippen LogP contribution >= 0.6 is 0 Å². The minimum Gasteiger partial charge on any atom is -0.491 e. The Morgan fingerprint density at radius 1 is 0.199 bits per heavy atom. The number of rotatable bonds is 14. The molecule has 12 aromatic rings. The van der Waals surface area contributed by atoms with E-state index in [9.17, 15) is 0 Å². The summed E-state index contributed by atoms with van der Waals surface area (Å²) in [5, 5.41) is 0. The van der Waals surface area contributed by atoms with E-state index in [2.05, 4.69) is 429 Å². The highest BCUT2D eigenvalue weighted by Gasteiger charge is 2.50. The van der Waals surface area contributed by atoms with Gasteiger partial charge in [-0.2, -0.15) is 0 Å². The maximum absolute atomic E-state index is 7.63. The fraction of sp³-hybridized carbons (Fsp3) is 0.463. The van der Waals surface area contributed by atoms with Crippen LogP contribution < -0.4 is 33.2 Å². The van der Waals surface area contributed by atoms with E-state index in [0.717, 1.165) is 79.7 Å². The van der Waals surface area contributed by atoms with Crippen LogP contribution in [0.4, 0.5) is 0 Å². The highest BCUT2D eigenvalue weighted by atomic mass is 16.5. The van der Waals surface area contributed by atoms with Gasteiger partial charge in [-0.05, 0) is 448 Å². The van der Waals surface area contributed by atoms with Crippen molar-refractivity contribution in [3.8, 4) is 124 Å². The maximum Gasteiger partial charge on any atom is 0.139 e. The first-order valence-electron chi connectivity index (χ1n) is 52.5. The third kappa shape index (κ3) is 16.6. The van der Waals surface area contributed by atoms with Crippen molar-refractivity contribution in [2.45, 2.75) is 411 Å². The monoisotopic (exact) mass is 1890 g/mol. The molecule has 7 heteroatoms. The molecule has 12 aromatic carbocycles. The molecule has 0 amide bonds. The Hall–Kier alpha value is -10.8. The first kappa shape index (κ1) is 103. The van der Waals surface area contributed by atoms with Gasteiger partial charge in [-0.1, -0.05) is 215 Å². The van der Waals surface area contributed by atoms with Crippen LogP contribution in [0.25, 0.3) is 66.8 Å². The molecule has 0 spiro atoms. The number of ether oxygens (including phenoxy) is 7. The smallest absolute Gasteiger partial charge is 0.139 e. The molecule has 6 aliphatic rings. The van der Waals surface area contributed by atoms with Crippen LogP contribution in [-0.2, 0) is 54.1 Å². The zero-order valence-electron chi connectivity index (χ0n) is 95.6. The molecule has 0 saturated heterocycles. The van der Waals surface area contributed by atoms with Crippen molar-refractivity contribution in [3.05, 3.63) is 287 Å². The van der Waals surface area contributed by atoms with Crippen LogP contribution in [0.2, 0.25) is 0 Å². The van der Waals surface area contributed by atoms with Crippen LogP contribution in [0, 0.1) is 111 Å². The fourth-order valence-electron chi connectivity index (χ4n) is 25.2. The van der Waals surface area contributed by atoms with Gasteiger partial charge in [-0.25, -0.2) is 0 Å². The number of hydrogen-bond acceptors (Lipinski definition) is 7. The molecule has 0 N–H and O–H groups in total. The summed E-state index contributed by atoms with van der Waals surface area (Å²) in [5.74, 6) is 8.89. The summed E-state index contributed by atoms with van der Waals surface area (Å²) in [7, 11) is 0. The van der Waals surface area contributed by atoms with Crippen molar-refractivity contribution in [1.82, 2.24) is 0 Å². The van der Waals surface area contributed by atoms with Gasteiger partial charge in [0, 0.05) is 78.0 Å². The predicted molar refractivity (Wildman–Crippen MR) is 598 cm³/mol. The first-order chi connectivity index (χ1) is 64.9. The van der Waals surface area contributed by atoms with E-state index in [1.54, 1.807) is 0 Å². The lowest BCUT2D eigenvalue weighted by atomic mass is 9.76. The minimum absolute atomic E-state index is 0.0146. The van der Waals surface area contributed by atoms with E-state index in [0.29, 0.717) is 0 Å². The topological polar surface area (TPSA) is 64.6 Å². The van der Waals surface area contributed by atoms with Gasteiger partial charge < -0.3 is 33.2 Å². The summed E-state index contributed by atoms with van der Waals surface area (Å²) in [4.78, 5) is 0. The Morgan fingerprint density at radius 2 is 0.433 bits per heavy atom. The molecule has 0 unspecified atom stereocenters. The minimum atomic E-state index is -0.290. The number of hydrogen-bond donors (Lipinski definition) is 0. The Bertz CT molecular complexity index is 6820. The van der Waals surface area contributed by atoms with Crippen LogP contribution in [0.5, 0.6) is 57.5 Å². The Balaban J connectivity index is 0.000000152. The molecule has 0 bridgehead atoms. The van der Waals surface area contributed by atoms with E-state index in [1.165, 1.54) is 223 Å². The van der Waals surface area contributed by atoms with E-state index < -0.39 is 0 Å². The Morgan fingerprint density at radius 3 is 0.723 bits per heavy atom. The second kappa shape index (κ2) is 34.5. The average Bonchev–Trinajstić information content (AvgIpc) is 1.52. The summed E-state index contributed by atoms with van der Waals surface area (Å²) in [6.07, 6.45) is 0.210. The second-order valence-corrected chi connectivity index (χ2v) is 51.5. The SMILES string of the molecule is CC(C)Oc1ccc2c(c1)C(C)(C)c1cc(OC(C)C)cc(Oc3cc(OC(C)C)cc4c3-c3ccc(OC(C)C)cc3C4(C)C)c1-2.Cc1c(C)c(C)c2c(c1C)-c1c(Oc3c(C)c(C)c(C)c4c3-c3c(C)c(C)c(C)c(C)c3C4(C)C)c(C)c(C)c(C)c1C2(C)C.Cc1cc(C(C)(C)C)cc2c1-c1c(Oc3cc(C(C)(C)C)cc4c3-c3c(C)cc(C(C)(C)C)cc3C4(C)C)cc(C(C)(C)C)cc1C2(C)C. The van der Waals surface area contributed by atoms with Gasteiger partial charge in [0.25, 0.3) is 0 Å². The Kier molecular flexibility index (Phi) is 25.2. The largest absolute Gasteiger partial charge is 0.491 e. The summed E-state index contributed by atoms with van der Waals surface area (Å²) in [6.45, 7) is 110. The normalized spacial score (nSPS) is 15.5. The van der Waals surface area contributed by atoms with Crippen molar-refractivity contribution in [1.29, 1.82) is 0 Å². The molecular weight excluding hydrogens is 1720 g/mol. The molecule has 0 saturated carbocycles. The van der Waals surface area contributed by atoms with Crippen molar-refractivity contribution < 1.29 is 33.2 Å². The highest BCUT2D eigenvalue weighted by Crippen LogP contribution is 2.67. The molecule has 744 valence electrons. The van der Waals surface area contributed by atoms with Gasteiger partial charge in [-0.3, -0.25) is 0 Å². The standard InChI is InChI=1S/C48H62O.C44H54O.C42H50O5/c1-27-19-29(43(3,4)5)21-33-39(27)41-35(47(33,15)16)23-31(45(9,10)11)25-37(41)49-38-26-32(46(12,13)14)24-36-42(38)40-28(2)20-30(44(6,7)8)22-34(40)48(36,17)18;1-19-21(3)27(9)37-33(25(19)7)35-39(43(37,15)16)29(11)23(5)31(13)41(35)45-42-32(14)24(6)30(12)40-36(42)34-26(8)20(2)22(4)28(10)38(34)44(40,17)18;1-23(2)43-27-13-15-31-33(17-27)41(9,10)35-19-29(45-25(5)6)21-37(39(31)35)47-38-22-30(46-26(7)8)20-36-40(38)32-16-14-28(44-24(3)4)18-34(32)42(36,11)12/h19-26H,1-18H3;1-18H3;13-26H,1-12H3. The molecule has 0 atom stereocenters. The van der Waals surface area contributed by atoms with Crippen molar-refractivity contribution in [3.63, 3.8) is 0 Å². The zero-order chi connectivity index (χ0) is 104. The van der Waals surface area contributed by atoms with Crippen LogP contribution in [0.3, 0.4) is 0 Å². The van der Waals surface area contributed by atoms with Crippen LogP contribution in [0.1, 0.15) is 400 Å². The van der Waals surface area contributed by atoms with Crippen LogP contribution in [0.15, 0.2) is 109 Å². The van der Waals surface area contributed by atoms with Gasteiger partial charge in [0.1, 0.15) is 57.5 Å².